The van der Waals surface area contributed by atoms with Gasteiger partial charge in [-0.25, -0.2) is 0 Å². The molecule has 1 aliphatic rings. The first kappa shape index (κ1) is 22.0. The van der Waals surface area contributed by atoms with Crippen LogP contribution < -0.4 is 14.8 Å². The van der Waals surface area contributed by atoms with E-state index in [2.05, 4.69) is 5.32 Å². The van der Waals surface area contributed by atoms with Gasteiger partial charge in [0.25, 0.3) is 5.91 Å². The highest BCUT2D eigenvalue weighted by molar-refractivity contribution is 6.33. The van der Waals surface area contributed by atoms with E-state index in [1.807, 2.05) is 23.1 Å². The van der Waals surface area contributed by atoms with E-state index < -0.39 is 0 Å². The van der Waals surface area contributed by atoms with Gasteiger partial charge in [-0.05, 0) is 49.1 Å². The molecule has 0 aliphatic carbocycles. The Balaban J connectivity index is 1.46. The lowest BCUT2D eigenvalue weighted by molar-refractivity contribution is -0.132. The Morgan fingerprint density at radius 3 is 2.43 bits per heavy atom. The molecule has 160 valence electrons. The van der Waals surface area contributed by atoms with Crippen molar-refractivity contribution in [1.82, 2.24) is 10.2 Å². The molecular formula is C23H27ClN2O4. The first-order valence-electron chi connectivity index (χ1n) is 10.1. The second kappa shape index (κ2) is 10.3. The van der Waals surface area contributed by atoms with Crippen molar-refractivity contribution in [1.29, 1.82) is 0 Å². The summed E-state index contributed by atoms with van der Waals surface area (Å²) in [7, 11) is 3.20. The Kier molecular flexibility index (Phi) is 7.57. The average Bonchev–Trinajstić information content (AvgIpc) is 2.78. The molecule has 2 aromatic rings. The fourth-order valence-corrected chi connectivity index (χ4v) is 3.85. The number of nitrogens with one attached hydrogen (secondary N) is 1. The number of likely N-dealkylation sites (tertiary alicyclic amines) is 1. The monoisotopic (exact) mass is 430 g/mol. The third-order valence-corrected chi connectivity index (χ3v) is 5.71. The Labute approximate surface area is 182 Å². The standard InChI is InChI=1S/C23H27ClN2O4/c1-29-20-9-7-16(15-21(20)30-2)8-10-22(27)26-13-11-17(12-14-26)25-23(28)18-5-3-4-6-19(18)24/h3-7,9,15,17H,8,10-14H2,1-2H3,(H,25,28). The number of halogens is 1. The number of rotatable bonds is 7. The first-order chi connectivity index (χ1) is 14.5. The topological polar surface area (TPSA) is 67.9 Å². The molecule has 0 unspecified atom stereocenters. The molecule has 7 heteroatoms. The molecule has 2 aromatic carbocycles. The summed E-state index contributed by atoms with van der Waals surface area (Å²) in [5, 5.41) is 3.47. The Morgan fingerprint density at radius 1 is 1.07 bits per heavy atom. The summed E-state index contributed by atoms with van der Waals surface area (Å²) in [4.78, 5) is 26.9. The number of aryl methyl sites for hydroxylation is 1. The number of benzene rings is 2. The number of ether oxygens (including phenoxy) is 2. The highest BCUT2D eigenvalue weighted by Crippen LogP contribution is 2.28. The minimum absolute atomic E-state index is 0.0451. The molecular weight excluding hydrogens is 404 g/mol. The van der Waals surface area contributed by atoms with Crippen LogP contribution in [0.4, 0.5) is 0 Å². The molecule has 1 N–H and O–H groups in total. The van der Waals surface area contributed by atoms with Crippen LogP contribution in [-0.4, -0.2) is 50.1 Å². The van der Waals surface area contributed by atoms with E-state index in [-0.39, 0.29) is 17.9 Å². The lowest BCUT2D eigenvalue weighted by atomic mass is 10.0. The van der Waals surface area contributed by atoms with Crippen molar-refractivity contribution >= 4 is 23.4 Å². The highest BCUT2D eigenvalue weighted by atomic mass is 35.5. The number of carbonyl (C=O) groups is 2. The third-order valence-electron chi connectivity index (χ3n) is 5.38. The molecule has 1 saturated heterocycles. The maximum atomic E-state index is 12.6. The molecule has 1 heterocycles. The molecule has 0 bridgehead atoms. The van der Waals surface area contributed by atoms with E-state index in [1.54, 1.807) is 38.5 Å². The second-order valence-electron chi connectivity index (χ2n) is 7.30. The van der Waals surface area contributed by atoms with E-state index in [0.29, 0.717) is 48.0 Å². The van der Waals surface area contributed by atoms with Gasteiger partial charge in [0.15, 0.2) is 11.5 Å². The van der Waals surface area contributed by atoms with Gasteiger partial charge in [0, 0.05) is 25.6 Å². The number of hydrogen-bond donors (Lipinski definition) is 1. The summed E-state index contributed by atoms with van der Waals surface area (Å²) in [5.41, 5.74) is 1.51. The van der Waals surface area contributed by atoms with Gasteiger partial charge in [0.05, 0.1) is 24.8 Å². The Bertz CT molecular complexity index is 895. The van der Waals surface area contributed by atoms with E-state index in [9.17, 15) is 9.59 Å². The SMILES string of the molecule is COc1ccc(CCC(=O)N2CCC(NC(=O)c3ccccc3Cl)CC2)cc1OC. The number of nitrogens with zero attached hydrogens (tertiary/aromatic N) is 1. The molecule has 2 amide bonds. The predicted octanol–water partition coefficient (Wildman–Crippen LogP) is 3.71. The second-order valence-corrected chi connectivity index (χ2v) is 7.70. The average molecular weight is 431 g/mol. The van der Waals surface area contributed by atoms with Crippen LogP contribution in [-0.2, 0) is 11.2 Å². The third kappa shape index (κ3) is 5.45. The molecule has 3 rings (SSSR count). The minimum atomic E-state index is -0.168. The van der Waals surface area contributed by atoms with Crippen molar-refractivity contribution in [3.8, 4) is 11.5 Å². The summed E-state index contributed by atoms with van der Waals surface area (Å²) < 4.78 is 10.6. The molecule has 0 spiro atoms. The number of methoxy groups -OCH3 is 2. The number of amides is 2. The van der Waals surface area contributed by atoms with E-state index in [0.717, 1.165) is 18.4 Å². The van der Waals surface area contributed by atoms with Crippen molar-refractivity contribution in [3.05, 3.63) is 58.6 Å². The quantitative estimate of drug-likeness (QED) is 0.727. The van der Waals surface area contributed by atoms with Gasteiger partial charge in [0.2, 0.25) is 5.91 Å². The molecule has 6 nitrogen and oxygen atoms in total. The Morgan fingerprint density at radius 2 is 1.77 bits per heavy atom. The maximum absolute atomic E-state index is 12.6. The van der Waals surface area contributed by atoms with Crippen LogP contribution in [0.5, 0.6) is 11.5 Å². The summed E-state index contributed by atoms with van der Waals surface area (Å²) in [6, 6.07) is 12.8. The van der Waals surface area contributed by atoms with Crippen LogP contribution in [0, 0.1) is 0 Å². The summed E-state index contributed by atoms with van der Waals surface area (Å²) in [6.45, 7) is 1.27. The van der Waals surface area contributed by atoms with Gasteiger partial charge >= 0.3 is 0 Å². The smallest absolute Gasteiger partial charge is 0.253 e. The van der Waals surface area contributed by atoms with Crippen molar-refractivity contribution in [3.63, 3.8) is 0 Å². The molecule has 1 aliphatic heterocycles. The largest absolute Gasteiger partial charge is 0.493 e. The van der Waals surface area contributed by atoms with Gasteiger partial charge in [-0.1, -0.05) is 29.8 Å². The van der Waals surface area contributed by atoms with Gasteiger partial charge in [-0.2, -0.15) is 0 Å². The fourth-order valence-electron chi connectivity index (χ4n) is 3.63. The van der Waals surface area contributed by atoms with E-state index in [1.165, 1.54) is 0 Å². The van der Waals surface area contributed by atoms with Gasteiger partial charge in [-0.3, -0.25) is 9.59 Å². The lowest BCUT2D eigenvalue weighted by Gasteiger charge is -2.32. The molecule has 0 aromatic heterocycles. The molecule has 30 heavy (non-hydrogen) atoms. The van der Waals surface area contributed by atoms with Crippen LogP contribution >= 0.6 is 11.6 Å². The van der Waals surface area contributed by atoms with Crippen LogP contribution in [0.1, 0.15) is 35.2 Å². The van der Waals surface area contributed by atoms with Crippen molar-refractivity contribution in [2.75, 3.05) is 27.3 Å². The van der Waals surface area contributed by atoms with Crippen molar-refractivity contribution < 1.29 is 19.1 Å². The number of piperidine rings is 1. The summed E-state index contributed by atoms with van der Waals surface area (Å²) in [6.07, 6.45) is 2.55. The zero-order valence-electron chi connectivity index (χ0n) is 17.3. The van der Waals surface area contributed by atoms with E-state index in [4.69, 9.17) is 21.1 Å². The van der Waals surface area contributed by atoms with Crippen molar-refractivity contribution in [2.24, 2.45) is 0 Å². The maximum Gasteiger partial charge on any atom is 0.253 e. The summed E-state index contributed by atoms with van der Waals surface area (Å²) >= 11 is 6.09. The van der Waals surface area contributed by atoms with Crippen LogP contribution in [0.15, 0.2) is 42.5 Å². The predicted molar refractivity (Wildman–Crippen MR) is 116 cm³/mol. The van der Waals surface area contributed by atoms with Crippen LogP contribution in [0.2, 0.25) is 5.02 Å². The molecule has 0 saturated carbocycles. The van der Waals surface area contributed by atoms with Gasteiger partial charge < -0.3 is 19.7 Å². The molecule has 0 atom stereocenters. The fraction of sp³-hybridized carbons (Fsp3) is 0.391. The normalized spacial score (nSPS) is 14.3. The molecule has 0 radical (unpaired) electrons. The Hall–Kier alpha value is -2.73. The zero-order chi connectivity index (χ0) is 21.5. The van der Waals surface area contributed by atoms with Gasteiger partial charge in [0.1, 0.15) is 0 Å². The molecule has 1 fully saturated rings. The zero-order valence-corrected chi connectivity index (χ0v) is 18.1. The van der Waals surface area contributed by atoms with Crippen LogP contribution in [0.25, 0.3) is 0 Å². The number of carbonyl (C=O) groups excluding carboxylic acids is 2. The first-order valence-corrected chi connectivity index (χ1v) is 10.4. The van der Waals surface area contributed by atoms with Crippen LogP contribution in [0.3, 0.4) is 0 Å². The van der Waals surface area contributed by atoms with E-state index >= 15 is 0 Å². The minimum Gasteiger partial charge on any atom is -0.493 e. The summed E-state index contributed by atoms with van der Waals surface area (Å²) in [5.74, 6) is 1.30. The van der Waals surface area contributed by atoms with Gasteiger partial charge in [-0.15, -0.1) is 0 Å². The lowest BCUT2D eigenvalue weighted by Crippen LogP contribution is -2.46. The van der Waals surface area contributed by atoms with Crippen molar-refractivity contribution in [2.45, 2.75) is 31.7 Å². The number of hydrogen-bond acceptors (Lipinski definition) is 4. The highest BCUT2D eigenvalue weighted by Gasteiger charge is 2.24.